The third-order valence-electron chi connectivity index (χ3n) is 4.22. The van der Waals surface area contributed by atoms with Crippen LogP contribution in [0.1, 0.15) is 21.5 Å². The molecule has 0 aliphatic heterocycles. The summed E-state index contributed by atoms with van der Waals surface area (Å²) < 4.78 is 5.27. The van der Waals surface area contributed by atoms with Crippen LogP contribution in [-0.2, 0) is 11.3 Å². The highest BCUT2D eigenvalue weighted by atomic mass is 32.2. The number of aromatic nitrogens is 2. The molecule has 0 aliphatic carbocycles. The number of benzene rings is 2. The number of hydrogen-bond donors (Lipinski definition) is 2. The van der Waals surface area contributed by atoms with Gasteiger partial charge in [0.05, 0.1) is 12.9 Å². The molecular weight excluding hydrogens is 400 g/mol. The van der Waals surface area contributed by atoms with Gasteiger partial charge in [-0.3, -0.25) is 9.59 Å². The molecule has 2 N–H and O–H groups in total. The first-order valence-electron chi connectivity index (χ1n) is 9.28. The summed E-state index contributed by atoms with van der Waals surface area (Å²) in [6.07, 6.45) is 0. The van der Waals surface area contributed by atoms with Crippen molar-refractivity contribution in [1.29, 1.82) is 0 Å². The fourth-order valence-corrected chi connectivity index (χ4v) is 3.23. The van der Waals surface area contributed by atoms with E-state index in [1.54, 1.807) is 31.4 Å². The van der Waals surface area contributed by atoms with Gasteiger partial charge in [0.1, 0.15) is 10.8 Å². The maximum atomic E-state index is 12.2. The largest absolute Gasteiger partial charge is 0.496 e. The van der Waals surface area contributed by atoms with Crippen LogP contribution in [0.2, 0.25) is 0 Å². The van der Waals surface area contributed by atoms with E-state index in [0.29, 0.717) is 23.0 Å². The molecular formula is C22H22N4O3S. The normalized spacial score (nSPS) is 10.3. The van der Waals surface area contributed by atoms with Gasteiger partial charge in [0, 0.05) is 17.7 Å². The van der Waals surface area contributed by atoms with Crippen molar-refractivity contribution in [3.63, 3.8) is 0 Å². The number of aryl methyl sites for hydroxylation is 1. The maximum absolute atomic E-state index is 12.2. The van der Waals surface area contributed by atoms with Crippen molar-refractivity contribution in [3.8, 4) is 5.75 Å². The average Bonchev–Trinajstić information content (AvgIpc) is 2.77. The average molecular weight is 423 g/mol. The fraction of sp³-hybridized carbons (Fsp3) is 0.182. The van der Waals surface area contributed by atoms with Crippen molar-refractivity contribution in [2.75, 3.05) is 18.2 Å². The van der Waals surface area contributed by atoms with Crippen LogP contribution in [-0.4, -0.2) is 34.9 Å². The van der Waals surface area contributed by atoms with Crippen LogP contribution in [0, 0.1) is 6.92 Å². The van der Waals surface area contributed by atoms with Gasteiger partial charge in [-0.05, 0) is 37.3 Å². The Hall–Kier alpha value is -3.39. The maximum Gasteiger partial charge on any atom is 0.256 e. The van der Waals surface area contributed by atoms with Gasteiger partial charge in [-0.1, -0.05) is 47.7 Å². The lowest BCUT2D eigenvalue weighted by atomic mass is 10.1. The Morgan fingerprint density at radius 1 is 1.00 bits per heavy atom. The quantitative estimate of drug-likeness (QED) is 0.540. The summed E-state index contributed by atoms with van der Waals surface area (Å²) in [5.74, 6) is 0.925. The molecule has 1 aromatic heterocycles. The first-order valence-corrected chi connectivity index (χ1v) is 10.3. The number of rotatable bonds is 8. The molecule has 30 heavy (non-hydrogen) atoms. The SMILES string of the molecule is COc1ccccc1CNC(=O)CSc1ccc(NC(=O)c2ccc(C)cc2)nn1. The lowest BCUT2D eigenvalue weighted by molar-refractivity contribution is -0.118. The molecule has 8 heteroatoms. The zero-order valence-corrected chi connectivity index (χ0v) is 17.5. The van der Waals surface area contributed by atoms with Gasteiger partial charge < -0.3 is 15.4 Å². The summed E-state index contributed by atoms with van der Waals surface area (Å²) in [4.78, 5) is 24.3. The number of nitrogens with zero attached hydrogens (tertiary/aromatic N) is 2. The van der Waals surface area contributed by atoms with Gasteiger partial charge in [-0.2, -0.15) is 0 Å². The fourth-order valence-electron chi connectivity index (χ4n) is 2.59. The predicted octanol–water partition coefficient (Wildman–Crippen LogP) is 3.45. The van der Waals surface area contributed by atoms with E-state index >= 15 is 0 Å². The van der Waals surface area contributed by atoms with Gasteiger partial charge in [0.2, 0.25) is 5.91 Å². The molecule has 0 fully saturated rings. The number of para-hydroxylation sites is 1. The Labute approximate surface area is 179 Å². The van der Waals surface area contributed by atoms with Crippen molar-refractivity contribution in [2.24, 2.45) is 0 Å². The Balaban J connectivity index is 1.46. The summed E-state index contributed by atoms with van der Waals surface area (Å²) in [6, 6.07) is 18.2. The number of hydrogen-bond acceptors (Lipinski definition) is 6. The Morgan fingerprint density at radius 3 is 2.47 bits per heavy atom. The lowest BCUT2D eigenvalue weighted by Gasteiger charge is -2.09. The molecule has 3 rings (SSSR count). The van der Waals surface area contributed by atoms with Crippen molar-refractivity contribution in [2.45, 2.75) is 18.5 Å². The summed E-state index contributed by atoms with van der Waals surface area (Å²) in [5, 5.41) is 14.2. The van der Waals surface area contributed by atoms with Gasteiger partial charge in [-0.15, -0.1) is 10.2 Å². The van der Waals surface area contributed by atoms with E-state index in [9.17, 15) is 9.59 Å². The Kier molecular flexibility index (Phi) is 7.40. The first kappa shape index (κ1) is 21.3. The van der Waals surface area contributed by atoms with E-state index < -0.39 is 0 Å². The molecule has 2 aromatic carbocycles. The topological polar surface area (TPSA) is 93.2 Å². The van der Waals surface area contributed by atoms with Gasteiger partial charge in [0.25, 0.3) is 5.91 Å². The second-order valence-corrected chi connectivity index (χ2v) is 7.45. The van der Waals surface area contributed by atoms with E-state index in [0.717, 1.165) is 16.9 Å². The zero-order chi connectivity index (χ0) is 21.3. The molecule has 2 amide bonds. The van der Waals surface area contributed by atoms with Crippen LogP contribution in [0.5, 0.6) is 5.75 Å². The summed E-state index contributed by atoms with van der Waals surface area (Å²) in [5.41, 5.74) is 2.54. The lowest BCUT2D eigenvalue weighted by Crippen LogP contribution is -2.24. The second-order valence-electron chi connectivity index (χ2n) is 6.45. The van der Waals surface area contributed by atoms with Crippen molar-refractivity contribution in [1.82, 2.24) is 15.5 Å². The standard InChI is InChI=1S/C22H22N4O3S/c1-15-7-9-16(10-8-15)22(28)24-19-11-12-21(26-25-19)30-14-20(27)23-13-17-5-3-4-6-18(17)29-2/h3-12H,13-14H2,1-2H3,(H,23,27)(H,24,25,28). The molecule has 0 bridgehead atoms. The molecule has 0 unspecified atom stereocenters. The first-order chi connectivity index (χ1) is 14.5. The van der Waals surface area contributed by atoms with E-state index in [-0.39, 0.29) is 17.6 Å². The molecule has 0 spiro atoms. The third kappa shape index (κ3) is 6.05. The number of carbonyl (C=O) groups is 2. The zero-order valence-electron chi connectivity index (χ0n) is 16.7. The highest BCUT2D eigenvalue weighted by Crippen LogP contribution is 2.18. The highest BCUT2D eigenvalue weighted by Gasteiger charge is 2.09. The summed E-state index contributed by atoms with van der Waals surface area (Å²) in [6.45, 7) is 2.35. The van der Waals surface area contributed by atoms with Crippen LogP contribution in [0.25, 0.3) is 0 Å². The molecule has 154 valence electrons. The third-order valence-corrected chi connectivity index (χ3v) is 5.14. The minimum absolute atomic E-state index is 0.121. The molecule has 7 nitrogen and oxygen atoms in total. The molecule has 1 heterocycles. The van der Waals surface area contributed by atoms with Crippen molar-refractivity contribution < 1.29 is 14.3 Å². The van der Waals surface area contributed by atoms with Crippen molar-refractivity contribution >= 4 is 29.4 Å². The van der Waals surface area contributed by atoms with Gasteiger partial charge >= 0.3 is 0 Å². The van der Waals surface area contributed by atoms with Crippen LogP contribution in [0.15, 0.2) is 65.7 Å². The van der Waals surface area contributed by atoms with Gasteiger partial charge in [-0.25, -0.2) is 0 Å². The highest BCUT2D eigenvalue weighted by molar-refractivity contribution is 7.99. The smallest absolute Gasteiger partial charge is 0.256 e. The number of amides is 2. The minimum Gasteiger partial charge on any atom is -0.496 e. The summed E-state index contributed by atoms with van der Waals surface area (Å²) in [7, 11) is 1.60. The van der Waals surface area contributed by atoms with Crippen LogP contribution < -0.4 is 15.4 Å². The predicted molar refractivity (Wildman–Crippen MR) is 117 cm³/mol. The van der Waals surface area contributed by atoms with E-state index in [1.807, 2.05) is 43.3 Å². The number of methoxy groups -OCH3 is 1. The molecule has 0 aliphatic rings. The molecule has 3 aromatic rings. The van der Waals surface area contributed by atoms with Crippen molar-refractivity contribution in [3.05, 3.63) is 77.4 Å². The molecule has 0 saturated heterocycles. The molecule has 0 saturated carbocycles. The number of ether oxygens (including phenoxy) is 1. The molecule has 0 atom stereocenters. The second kappa shape index (κ2) is 10.4. The van der Waals surface area contributed by atoms with E-state index in [1.165, 1.54) is 11.8 Å². The van der Waals surface area contributed by atoms with Crippen LogP contribution in [0.4, 0.5) is 5.82 Å². The Morgan fingerprint density at radius 2 is 1.77 bits per heavy atom. The minimum atomic E-state index is -0.250. The number of anilines is 1. The van der Waals surface area contributed by atoms with E-state index in [2.05, 4.69) is 20.8 Å². The Bertz CT molecular complexity index is 1010. The van der Waals surface area contributed by atoms with E-state index in [4.69, 9.17) is 4.74 Å². The number of thioether (sulfide) groups is 1. The van der Waals surface area contributed by atoms with Gasteiger partial charge in [0.15, 0.2) is 5.82 Å². The van der Waals surface area contributed by atoms with Crippen LogP contribution >= 0.6 is 11.8 Å². The molecule has 0 radical (unpaired) electrons. The summed E-state index contributed by atoms with van der Waals surface area (Å²) >= 11 is 1.27. The number of nitrogens with one attached hydrogen (secondary N) is 2. The number of carbonyl (C=O) groups excluding carboxylic acids is 2. The van der Waals surface area contributed by atoms with Crippen LogP contribution in [0.3, 0.4) is 0 Å². The monoisotopic (exact) mass is 422 g/mol.